The Balaban J connectivity index is 2.57. The van der Waals surface area contributed by atoms with Gasteiger partial charge in [0.1, 0.15) is 5.82 Å². The summed E-state index contributed by atoms with van der Waals surface area (Å²) in [6.45, 7) is 1.69. The number of carbonyl (C=O) groups is 1. The molecule has 0 bridgehead atoms. The molecule has 0 spiro atoms. The number of hydrazine groups is 1. The van der Waals surface area contributed by atoms with Crippen LogP contribution < -0.4 is 10.9 Å². The Bertz CT molecular complexity index is 438. The maximum Gasteiger partial charge on any atom is 0.421 e. The highest BCUT2D eigenvalue weighted by Gasteiger charge is 2.22. The highest BCUT2D eigenvalue weighted by molar-refractivity contribution is 5.66. The van der Waals surface area contributed by atoms with Gasteiger partial charge in [-0.05, 0) is 31.2 Å². The lowest BCUT2D eigenvalue weighted by Gasteiger charge is -2.11. The van der Waals surface area contributed by atoms with E-state index in [1.165, 1.54) is 12.1 Å². The topological polar surface area (TPSA) is 93.5 Å². The molecule has 0 saturated heterocycles. The van der Waals surface area contributed by atoms with E-state index in [2.05, 4.69) is 15.6 Å². The Morgan fingerprint density at radius 2 is 2.11 bits per heavy atom. The molecule has 0 aliphatic rings. The third kappa shape index (κ3) is 4.88. The SMILES string of the molecule is CCOC(=O)NNCC(c1ccc(F)cc1)[N+](=O)[O-]. The van der Waals surface area contributed by atoms with Crippen LogP contribution >= 0.6 is 0 Å². The molecule has 0 saturated carbocycles. The van der Waals surface area contributed by atoms with Crippen LogP contribution in [0, 0.1) is 15.9 Å². The van der Waals surface area contributed by atoms with Gasteiger partial charge in [-0.2, -0.15) is 0 Å². The average molecular weight is 271 g/mol. The van der Waals surface area contributed by atoms with Gasteiger partial charge in [0.25, 0.3) is 6.04 Å². The van der Waals surface area contributed by atoms with Gasteiger partial charge >= 0.3 is 6.09 Å². The molecule has 104 valence electrons. The summed E-state index contributed by atoms with van der Waals surface area (Å²) in [4.78, 5) is 21.4. The van der Waals surface area contributed by atoms with Crippen molar-refractivity contribution in [3.63, 3.8) is 0 Å². The van der Waals surface area contributed by atoms with Gasteiger partial charge in [-0.15, -0.1) is 0 Å². The second kappa shape index (κ2) is 7.27. The van der Waals surface area contributed by atoms with Gasteiger partial charge in [0.15, 0.2) is 0 Å². The lowest BCUT2D eigenvalue weighted by molar-refractivity contribution is -0.527. The van der Waals surface area contributed by atoms with Crippen molar-refractivity contribution in [2.45, 2.75) is 13.0 Å². The molecule has 0 radical (unpaired) electrons. The molecule has 0 heterocycles. The fourth-order valence-electron chi connectivity index (χ4n) is 1.39. The van der Waals surface area contributed by atoms with E-state index in [9.17, 15) is 19.3 Å². The first-order valence-electron chi connectivity index (χ1n) is 5.59. The van der Waals surface area contributed by atoms with Crippen molar-refractivity contribution in [3.05, 3.63) is 45.8 Å². The van der Waals surface area contributed by atoms with Crippen molar-refractivity contribution < 1.29 is 18.8 Å². The molecule has 1 atom stereocenters. The minimum absolute atomic E-state index is 0.141. The number of benzene rings is 1. The lowest BCUT2D eigenvalue weighted by Crippen LogP contribution is -2.41. The standard InChI is InChI=1S/C11H14FN3O4/c1-2-19-11(16)14-13-7-10(15(17)18)8-3-5-9(12)6-4-8/h3-6,10,13H,2,7H2,1H3,(H,14,16). The van der Waals surface area contributed by atoms with Gasteiger partial charge < -0.3 is 4.74 Å². The molecule has 1 aromatic rings. The number of carbonyl (C=O) groups excluding carboxylic acids is 1. The molecule has 1 unspecified atom stereocenters. The minimum Gasteiger partial charge on any atom is -0.449 e. The third-order valence-corrected chi connectivity index (χ3v) is 2.27. The zero-order valence-electron chi connectivity index (χ0n) is 10.3. The van der Waals surface area contributed by atoms with Crippen molar-refractivity contribution >= 4 is 6.09 Å². The van der Waals surface area contributed by atoms with E-state index in [0.717, 1.165) is 12.1 Å². The van der Waals surface area contributed by atoms with E-state index >= 15 is 0 Å². The Labute approximate surface area is 108 Å². The Morgan fingerprint density at radius 1 is 1.47 bits per heavy atom. The number of nitro groups is 1. The highest BCUT2D eigenvalue weighted by Crippen LogP contribution is 2.15. The van der Waals surface area contributed by atoms with Crippen LogP contribution in [-0.2, 0) is 4.74 Å². The zero-order chi connectivity index (χ0) is 14.3. The first-order valence-corrected chi connectivity index (χ1v) is 5.59. The first kappa shape index (κ1) is 14.8. The Morgan fingerprint density at radius 3 is 2.63 bits per heavy atom. The van der Waals surface area contributed by atoms with E-state index in [4.69, 9.17) is 0 Å². The molecule has 8 heteroatoms. The number of nitrogens with one attached hydrogen (secondary N) is 2. The summed E-state index contributed by atoms with van der Waals surface area (Å²) in [6.07, 6.45) is -0.719. The van der Waals surface area contributed by atoms with Crippen LogP contribution in [0.5, 0.6) is 0 Å². The molecule has 1 amide bonds. The van der Waals surface area contributed by atoms with Gasteiger partial charge in [-0.3, -0.25) is 15.5 Å². The quantitative estimate of drug-likeness (QED) is 0.602. The summed E-state index contributed by atoms with van der Waals surface area (Å²) < 4.78 is 17.3. The van der Waals surface area contributed by atoms with Gasteiger partial charge in [-0.25, -0.2) is 14.6 Å². The van der Waals surface area contributed by atoms with Crippen molar-refractivity contribution in [2.24, 2.45) is 0 Å². The average Bonchev–Trinajstić information content (AvgIpc) is 2.36. The highest BCUT2D eigenvalue weighted by atomic mass is 19.1. The number of amides is 1. The zero-order valence-corrected chi connectivity index (χ0v) is 10.3. The minimum atomic E-state index is -1.09. The number of rotatable bonds is 6. The van der Waals surface area contributed by atoms with Crippen LogP contribution in [-0.4, -0.2) is 24.2 Å². The monoisotopic (exact) mass is 271 g/mol. The molecule has 19 heavy (non-hydrogen) atoms. The van der Waals surface area contributed by atoms with Crippen LogP contribution in [0.3, 0.4) is 0 Å². The van der Waals surface area contributed by atoms with E-state index in [-0.39, 0.29) is 13.2 Å². The molecular formula is C11H14FN3O4. The fourth-order valence-corrected chi connectivity index (χ4v) is 1.39. The van der Waals surface area contributed by atoms with E-state index in [1.807, 2.05) is 0 Å². The summed E-state index contributed by atoms with van der Waals surface area (Å²) in [5.74, 6) is -0.469. The molecule has 0 fully saturated rings. The number of hydrogen-bond donors (Lipinski definition) is 2. The van der Waals surface area contributed by atoms with E-state index < -0.39 is 22.9 Å². The second-order valence-corrected chi connectivity index (χ2v) is 3.58. The van der Waals surface area contributed by atoms with Crippen LogP contribution in [0.2, 0.25) is 0 Å². The Kier molecular flexibility index (Phi) is 5.68. The number of nitrogens with zero attached hydrogens (tertiary/aromatic N) is 1. The van der Waals surface area contributed by atoms with Gasteiger partial charge in [0, 0.05) is 10.5 Å². The number of hydrogen-bond acceptors (Lipinski definition) is 5. The molecule has 0 aliphatic heterocycles. The predicted molar refractivity (Wildman–Crippen MR) is 64.3 cm³/mol. The van der Waals surface area contributed by atoms with Crippen molar-refractivity contribution in [1.82, 2.24) is 10.9 Å². The Hall–Kier alpha value is -2.22. The predicted octanol–water partition coefficient (Wildman–Crippen LogP) is 1.39. The first-order chi connectivity index (χ1) is 9.04. The molecule has 2 N–H and O–H groups in total. The fraction of sp³-hybridized carbons (Fsp3) is 0.364. The molecule has 1 aromatic carbocycles. The van der Waals surface area contributed by atoms with Crippen LogP contribution in [0.15, 0.2) is 24.3 Å². The van der Waals surface area contributed by atoms with E-state index in [0.29, 0.717) is 5.56 Å². The number of ether oxygens (including phenoxy) is 1. The summed E-state index contributed by atoms with van der Waals surface area (Å²) >= 11 is 0. The molecular weight excluding hydrogens is 257 g/mol. The van der Waals surface area contributed by atoms with Gasteiger partial charge in [0.2, 0.25) is 0 Å². The maximum atomic E-state index is 12.7. The normalized spacial score (nSPS) is 11.7. The van der Waals surface area contributed by atoms with Gasteiger partial charge in [0.05, 0.1) is 13.2 Å². The second-order valence-electron chi connectivity index (χ2n) is 3.58. The summed E-state index contributed by atoms with van der Waals surface area (Å²) in [5, 5.41) is 10.9. The molecule has 1 rings (SSSR count). The molecule has 7 nitrogen and oxygen atoms in total. The van der Waals surface area contributed by atoms with Crippen molar-refractivity contribution in [2.75, 3.05) is 13.2 Å². The maximum absolute atomic E-state index is 12.7. The van der Waals surface area contributed by atoms with Crippen molar-refractivity contribution in [1.29, 1.82) is 0 Å². The summed E-state index contributed by atoms with van der Waals surface area (Å²) in [6, 6.07) is 3.85. The molecule has 0 aliphatic carbocycles. The third-order valence-electron chi connectivity index (χ3n) is 2.27. The number of halogens is 1. The van der Waals surface area contributed by atoms with Crippen LogP contribution in [0.4, 0.5) is 9.18 Å². The smallest absolute Gasteiger partial charge is 0.421 e. The summed E-state index contributed by atoms with van der Waals surface area (Å²) in [5.41, 5.74) is 4.90. The van der Waals surface area contributed by atoms with Crippen molar-refractivity contribution in [3.8, 4) is 0 Å². The van der Waals surface area contributed by atoms with Gasteiger partial charge in [-0.1, -0.05) is 0 Å². The van der Waals surface area contributed by atoms with Crippen LogP contribution in [0.25, 0.3) is 0 Å². The lowest BCUT2D eigenvalue weighted by atomic mass is 10.1. The largest absolute Gasteiger partial charge is 0.449 e. The van der Waals surface area contributed by atoms with E-state index in [1.54, 1.807) is 6.92 Å². The molecule has 0 aromatic heterocycles. The summed E-state index contributed by atoms with van der Waals surface area (Å²) in [7, 11) is 0. The van der Waals surface area contributed by atoms with Crippen LogP contribution in [0.1, 0.15) is 18.5 Å².